The van der Waals surface area contributed by atoms with E-state index in [4.69, 9.17) is 4.74 Å². The minimum absolute atomic E-state index is 0.466. The van der Waals surface area contributed by atoms with Crippen molar-refractivity contribution in [3.05, 3.63) is 16.1 Å². The zero-order valence-corrected chi connectivity index (χ0v) is 11.8. The molecule has 0 unspecified atom stereocenters. The van der Waals surface area contributed by atoms with Gasteiger partial charge in [-0.15, -0.1) is 11.3 Å². The molecule has 0 spiro atoms. The second kappa shape index (κ2) is 5.94. The van der Waals surface area contributed by atoms with Crippen LogP contribution in [0.4, 0.5) is 0 Å². The summed E-state index contributed by atoms with van der Waals surface area (Å²) in [4.78, 5) is 7.17. The number of rotatable bonds is 4. The second-order valence-corrected chi connectivity index (χ2v) is 5.93. The van der Waals surface area contributed by atoms with Gasteiger partial charge < -0.3 is 4.74 Å². The molecule has 1 fully saturated rings. The van der Waals surface area contributed by atoms with Crippen LogP contribution in [0.1, 0.15) is 43.3 Å². The highest BCUT2D eigenvalue weighted by molar-refractivity contribution is 7.09. The molecule has 2 rings (SSSR count). The lowest BCUT2D eigenvalue weighted by molar-refractivity contribution is 0.0385. The van der Waals surface area contributed by atoms with Crippen molar-refractivity contribution in [1.82, 2.24) is 9.88 Å². The number of hydrogen-bond acceptors (Lipinski definition) is 4. The lowest BCUT2D eigenvalue weighted by Crippen LogP contribution is -2.36. The molecule has 0 aromatic carbocycles. The van der Waals surface area contributed by atoms with Crippen molar-refractivity contribution in [3.63, 3.8) is 0 Å². The molecule has 4 heteroatoms. The van der Waals surface area contributed by atoms with Crippen LogP contribution in [0.3, 0.4) is 0 Å². The van der Waals surface area contributed by atoms with Crippen molar-refractivity contribution in [2.24, 2.45) is 0 Å². The van der Waals surface area contributed by atoms with Gasteiger partial charge in [-0.3, -0.25) is 4.90 Å². The smallest absolute Gasteiger partial charge is 0.0954 e. The van der Waals surface area contributed by atoms with Gasteiger partial charge in [-0.25, -0.2) is 4.98 Å². The van der Waals surface area contributed by atoms with Gasteiger partial charge in [-0.05, 0) is 12.8 Å². The minimum atomic E-state index is 0.466. The molecule has 0 bridgehead atoms. The number of methoxy groups -OCH3 is 1. The standard InChI is InChI=1S/C13H22N2OS/c1-10(2)13-14-11(9-17-13)8-15-6-4-12(16-3)5-7-15/h9-10,12H,4-8H2,1-3H3. The lowest BCUT2D eigenvalue weighted by Gasteiger charge is -2.30. The SMILES string of the molecule is COC1CCN(Cc2csc(C(C)C)n2)CC1. The first kappa shape index (κ1) is 13.0. The van der Waals surface area contributed by atoms with Crippen molar-refractivity contribution in [2.75, 3.05) is 20.2 Å². The Bertz CT molecular complexity index is 343. The van der Waals surface area contributed by atoms with Crippen LogP contribution >= 0.6 is 11.3 Å². The average molecular weight is 254 g/mol. The monoisotopic (exact) mass is 254 g/mol. The number of likely N-dealkylation sites (tertiary alicyclic amines) is 1. The summed E-state index contributed by atoms with van der Waals surface area (Å²) in [5.41, 5.74) is 1.23. The van der Waals surface area contributed by atoms with E-state index in [1.54, 1.807) is 11.3 Å². The molecule has 0 atom stereocenters. The first-order valence-electron chi connectivity index (χ1n) is 6.38. The molecule has 2 heterocycles. The summed E-state index contributed by atoms with van der Waals surface area (Å²) >= 11 is 1.79. The number of nitrogens with zero attached hydrogens (tertiary/aromatic N) is 2. The van der Waals surface area contributed by atoms with E-state index in [-0.39, 0.29) is 0 Å². The van der Waals surface area contributed by atoms with Crippen LogP contribution in [0, 0.1) is 0 Å². The summed E-state index contributed by atoms with van der Waals surface area (Å²) in [6.07, 6.45) is 2.77. The van der Waals surface area contributed by atoms with Gasteiger partial charge in [-0.1, -0.05) is 13.8 Å². The third-order valence-corrected chi connectivity index (χ3v) is 4.51. The van der Waals surface area contributed by atoms with E-state index < -0.39 is 0 Å². The van der Waals surface area contributed by atoms with E-state index >= 15 is 0 Å². The number of aromatic nitrogens is 1. The summed E-state index contributed by atoms with van der Waals surface area (Å²) in [7, 11) is 1.82. The normalized spacial score (nSPS) is 19.1. The Morgan fingerprint density at radius 1 is 1.47 bits per heavy atom. The molecule has 0 amide bonds. The molecule has 1 aromatic heterocycles. The Balaban J connectivity index is 1.84. The van der Waals surface area contributed by atoms with Gasteiger partial charge in [0.05, 0.1) is 16.8 Å². The molecule has 96 valence electrons. The summed E-state index contributed by atoms with van der Waals surface area (Å²) in [6.45, 7) is 7.67. The summed E-state index contributed by atoms with van der Waals surface area (Å²) in [6, 6.07) is 0. The van der Waals surface area contributed by atoms with Crippen molar-refractivity contribution < 1.29 is 4.74 Å². The fourth-order valence-electron chi connectivity index (χ4n) is 2.19. The molecule has 1 aromatic rings. The number of hydrogen-bond donors (Lipinski definition) is 0. The van der Waals surface area contributed by atoms with E-state index in [2.05, 4.69) is 29.1 Å². The Hall–Kier alpha value is -0.450. The largest absolute Gasteiger partial charge is 0.381 e. The molecule has 1 aliphatic rings. The maximum atomic E-state index is 5.39. The van der Waals surface area contributed by atoms with Crippen LogP contribution < -0.4 is 0 Å². The molecule has 3 nitrogen and oxygen atoms in total. The Labute approximate surface area is 108 Å². The second-order valence-electron chi connectivity index (χ2n) is 5.04. The van der Waals surface area contributed by atoms with E-state index in [0.29, 0.717) is 12.0 Å². The van der Waals surface area contributed by atoms with Gasteiger partial charge in [0, 0.05) is 38.0 Å². The molecule has 17 heavy (non-hydrogen) atoms. The first-order chi connectivity index (χ1) is 8.19. The van der Waals surface area contributed by atoms with Crippen molar-refractivity contribution in [3.8, 4) is 0 Å². The van der Waals surface area contributed by atoms with E-state index in [1.807, 2.05) is 7.11 Å². The van der Waals surface area contributed by atoms with E-state index in [0.717, 1.165) is 32.5 Å². The highest BCUT2D eigenvalue weighted by atomic mass is 32.1. The molecule has 0 N–H and O–H groups in total. The predicted molar refractivity (Wildman–Crippen MR) is 71.5 cm³/mol. The fraction of sp³-hybridized carbons (Fsp3) is 0.769. The van der Waals surface area contributed by atoms with Crippen molar-refractivity contribution >= 4 is 11.3 Å². The third kappa shape index (κ3) is 3.50. The van der Waals surface area contributed by atoms with E-state index in [1.165, 1.54) is 10.7 Å². The first-order valence-corrected chi connectivity index (χ1v) is 7.26. The van der Waals surface area contributed by atoms with Crippen LogP contribution in [0.2, 0.25) is 0 Å². The lowest BCUT2D eigenvalue weighted by atomic mass is 10.1. The zero-order chi connectivity index (χ0) is 12.3. The number of ether oxygens (including phenoxy) is 1. The molecular formula is C13H22N2OS. The highest BCUT2D eigenvalue weighted by Crippen LogP contribution is 2.21. The molecule has 0 saturated carbocycles. The van der Waals surface area contributed by atoms with Gasteiger partial charge in [0.15, 0.2) is 0 Å². The molecule has 0 radical (unpaired) electrons. The summed E-state index contributed by atoms with van der Waals surface area (Å²) in [5, 5.41) is 3.46. The Morgan fingerprint density at radius 2 is 2.18 bits per heavy atom. The molecular weight excluding hydrogens is 232 g/mol. The number of piperidine rings is 1. The van der Waals surface area contributed by atoms with Crippen molar-refractivity contribution in [1.29, 1.82) is 0 Å². The fourth-order valence-corrected chi connectivity index (χ4v) is 3.02. The topological polar surface area (TPSA) is 25.4 Å². The van der Waals surface area contributed by atoms with Crippen LogP contribution in [0.15, 0.2) is 5.38 Å². The van der Waals surface area contributed by atoms with Gasteiger partial charge in [0.2, 0.25) is 0 Å². The van der Waals surface area contributed by atoms with Gasteiger partial charge in [0.25, 0.3) is 0 Å². The Kier molecular flexibility index (Phi) is 4.54. The molecule has 1 aliphatic heterocycles. The number of thiazole rings is 1. The molecule has 0 aliphatic carbocycles. The van der Waals surface area contributed by atoms with Crippen LogP contribution in [0.25, 0.3) is 0 Å². The third-order valence-electron chi connectivity index (χ3n) is 3.32. The minimum Gasteiger partial charge on any atom is -0.381 e. The Morgan fingerprint density at radius 3 is 2.71 bits per heavy atom. The van der Waals surface area contributed by atoms with Crippen LogP contribution in [-0.4, -0.2) is 36.2 Å². The van der Waals surface area contributed by atoms with Crippen molar-refractivity contribution in [2.45, 2.75) is 45.3 Å². The van der Waals surface area contributed by atoms with Gasteiger partial charge >= 0.3 is 0 Å². The highest BCUT2D eigenvalue weighted by Gasteiger charge is 2.19. The average Bonchev–Trinajstić information content (AvgIpc) is 2.79. The van der Waals surface area contributed by atoms with Gasteiger partial charge in [0.1, 0.15) is 0 Å². The van der Waals surface area contributed by atoms with Crippen LogP contribution in [0.5, 0.6) is 0 Å². The van der Waals surface area contributed by atoms with E-state index in [9.17, 15) is 0 Å². The maximum Gasteiger partial charge on any atom is 0.0954 e. The zero-order valence-electron chi connectivity index (χ0n) is 11.0. The summed E-state index contributed by atoms with van der Waals surface area (Å²) in [5.74, 6) is 0.549. The predicted octanol–water partition coefficient (Wildman–Crippen LogP) is 2.88. The maximum absolute atomic E-state index is 5.39. The van der Waals surface area contributed by atoms with Gasteiger partial charge in [-0.2, -0.15) is 0 Å². The summed E-state index contributed by atoms with van der Waals surface area (Å²) < 4.78 is 5.39. The van der Waals surface area contributed by atoms with Crippen LogP contribution in [-0.2, 0) is 11.3 Å². The quantitative estimate of drug-likeness (QED) is 0.826. The molecule has 1 saturated heterocycles.